The molecule has 0 saturated heterocycles. The van der Waals surface area contributed by atoms with E-state index in [1.807, 2.05) is 30.3 Å². The van der Waals surface area contributed by atoms with Crippen LogP contribution in [0.3, 0.4) is 0 Å². The molecule has 2 aromatic rings. The molecule has 0 fully saturated rings. The highest BCUT2D eigenvalue weighted by molar-refractivity contribution is 5.39. The molecular formula is C18H18N2O. The van der Waals surface area contributed by atoms with E-state index in [1.165, 1.54) is 11.1 Å². The van der Waals surface area contributed by atoms with Crippen LogP contribution in [0.4, 0.5) is 0 Å². The van der Waals surface area contributed by atoms with Crippen LogP contribution in [0.1, 0.15) is 22.6 Å². The van der Waals surface area contributed by atoms with Gasteiger partial charge in [-0.1, -0.05) is 30.3 Å². The second-order valence-electron chi connectivity index (χ2n) is 5.55. The first-order valence-corrected chi connectivity index (χ1v) is 7.15. The average molecular weight is 278 g/mol. The van der Waals surface area contributed by atoms with E-state index in [0.717, 1.165) is 31.0 Å². The zero-order valence-electron chi connectivity index (χ0n) is 12.1. The summed E-state index contributed by atoms with van der Waals surface area (Å²) in [5, 5.41) is 8.96. The molecule has 0 aliphatic carbocycles. The van der Waals surface area contributed by atoms with Gasteiger partial charge in [-0.25, -0.2) is 0 Å². The maximum Gasteiger partial charge on any atom is 0.122 e. The Bertz CT molecular complexity index is 675. The van der Waals surface area contributed by atoms with Crippen LogP contribution < -0.4 is 4.74 Å². The average Bonchev–Trinajstić information content (AvgIpc) is 2.91. The first kappa shape index (κ1) is 13.7. The van der Waals surface area contributed by atoms with Gasteiger partial charge in [0.15, 0.2) is 0 Å². The molecule has 3 nitrogen and oxygen atoms in total. The van der Waals surface area contributed by atoms with Crippen LogP contribution in [0.15, 0.2) is 48.5 Å². The van der Waals surface area contributed by atoms with Crippen molar-refractivity contribution in [1.82, 2.24) is 4.90 Å². The standard InChI is InChI=1S/C18H18N2O/c1-20(11-15-6-4-5-14(9-15)10-19)12-16-13-21-18-8-3-2-7-17(16)18/h2-9,16H,11-13H2,1H3. The molecule has 0 aromatic heterocycles. The summed E-state index contributed by atoms with van der Waals surface area (Å²) in [6.45, 7) is 2.55. The molecule has 0 radical (unpaired) electrons. The molecule has 1 heterocycles. The van der Waals surface area contributed by atoms with Gasteiger partial charge in [0.2, 0.25) is 0 Å². The van der Waals surface area contributed by atoms with Crippen molar-refractivity contribution in [2.24, 2.45) is 0 Å². The van der Waals surface area contributed by atoms with E-state index in [4.69, 9.17) is 10.00 Å². The highest BCUT2D eigenvalue weighted by Crippen LogP contribution is 2.33. The smallest absolute Gasteiger partial charge is 0.122 e. The second kappa shape index (κ2) is 5.99. The molecule has 1 aliphatic heterocycles. The first-order chi connectivity index (χ1) is 10.3. The monoisotopic (exact) mass is 278 g/mol. The lowest BCUT2D eigenvalue weighted by molar-refractivity contribution is 0.262. The Morgan fingerprint density at radius 2 is 2.10 bits per heavy atom. The summed E-state index contributed by atoms with van der Waals surface area (Å²) in [4.78, 5) is 2.28. The Hall–Kier alpha value is -2.31. The van der Waals surface area contributed by atoms with Crippen molar-refractivity contribution in [2.75, 3.05) is 20.2 Å². The summed E-state index contributed by atoms with van der Waals surface area (Å²) in [6.07, 6.45) is 0. The van der Waals surface area contributed by atoms with Crippen molar-refractivity contribution < 1.29 is 4.74 Å². The number of fused-ring (bicyclic) bond motifs is 1. The van der Waals surface area contributed by atoms with E-state index in [9.17, 15) is 0 Å². The minimum Gasteiger partial charge on any atom is -0.493 e. The maximum atomic E-state index is 8.96. The summed E-state index contributed by atoms with van der Waals surface area (Å²) >= 11 is 0. The number of hydrogen-bond acceptors (Lipinski definition) is 3. The number of rotatable bonds is 4. The van der Waals surface area contributed by atoms with E-state index in [1.54, 1.807) is 0 Å². The van der Waals surface area contributed by atoms with E-state index in [0.29, 0.717) is 5.92 Å². The van der Waals surface area contributed by atoms with Crippen LogP contribution in [-0.4, -0.2) is 25.1 Å². The van der Waals surface area contributed by atoms with Crippen molar-refractivity contribution in [3.63, 3.8) is 0 Å². The fraction of sp³-hybridized carbons (Fsp3) is 0.278. The molecule has 0 N–H and O–H groups in total. The van der Waals surface area contributed by atoms with Crippen LogP contribution in [-0.2, 0) is 6.54 Å². The van der Waals surface area contributed by atoms with Gasteiger partial charge in [0.1, 0.15) is 5.75 Å². The minimum atomic E-state index is 0.422. The Balaban J connectivity index is 1.65. The zero-order valence-corrected chi connectivity index (χ0v) is 12.1. The maximum absolute atomic E-state index is 8.96. The first-order valence-electron chi connectivity index (χ1n) is 7.15. The molecule has 1 unspecified atom stereocenters. The molecule has 0 bridgehead atoms. The Morgan fingerprint density at radius 1 is 1.24 bits per heavy atom. The minimum absolute atomic E-state index is 0.422. The van der Waals surface area contributed by atoms with E-state index < -0.39 is 0 Å². The summed E-state index contributed by atoms with van der Waals surface area (Å²) in [5.41, 5.74) is 3.19. The molecule has 0 saturated carbocycles. The third-order valence-corrected chi connectivity index (χ3v) is 3.84. The van der Waals surface area contributed by atoms with E-state index >= 15 is 0 Å². The number of hydrogen-bond donors (Lipinski definition) is 0. The van der Waals surface area contributed by atoms with Gasteiger partial charge in [-0.05, 0) is 30.8 Å². The topological polar surface area (TPSA) is 36.3 Å². The summed E-state index contributed by atoms with van der Waals surface area (Å²) in [5.74, 6) is 1.44. The molecule has 0 spiro atoms. The van der Waals surface area contributed by atoms with Crippen molar-refractivity contribution in [1.29, 1.82) is 5.26 Å². The van der Waals surface area contributed by atoms with Gasteiger partial charge in [0, 0.05) is 24.6 Å². The lowest BCUT2D eigenvalue weighted by atomic mass is 10.0. The Labute approximate surface area is 125 Å². The van der Waals surface area contributed by atoms with Crippen LogP contribution in [0, 0.1) is 11.3 Å². The number of benzene rings is 2. The number of nitrogens with zero attached hydrogens (tertiary/aromatic N) is 2. The molecule has 1 aliphatic rings. The van der Waals surface area contributed by atoms with Crippen LogP contribution >= 0.6 is 0 Å². The molecule has 106 valence electrons. The van der Waals surface area contributed by atoms with Gasteiger partial charge in [0.05, 0.1) is 18.2 Å². The molecule has 0 amide bonds. The normalized spacial score (nSPS) is 16.3. The van der Waals surface area contributed by atoms with Gasteiger partial charge in [-0.15, -0.1) is 0 Å². The summed E-state index contributed by atoms with van der Waals surface area (Å²) in [7, 11) is 2.11. The highest BCUT2D eigenvalue weighted by Gasteiger charge is 2.24. The molecule has 21 heavy (non-hydrogen) atoms. The van der Waals surface area contributed by atoms with Crippen molar-refractivity contribution in [3.05, 3.63) is 65.2 Å². The van der Waals surface area contributed by atoms with E-state index in [-0.39, 0.29) is 0 Å². The van der Waals surface area contributed by atoms with E-state index in [2.05, 4.69) is 36.2 Å². The lowest BCUT2D eigenvalue weighted by Crippen LogP contribution is -2.25. The van der Waals surface area contributed by atoms with Crippen molar-refractivity contribution in [3.8, 4) is 11.8 Å². The second-order valence-corrected chi connectivity index (χ2v) is 5.55. The lowest BCUT2D eigenvalue weighted by Gasteiger charge is -2.20. The van der Waals surface area contributed by atoms with Crippen LogP contribution in [0.2, 0.25) is 0 Å². The van der Waals surface area contributed by atoms with Crippen LogP contribution in [0.5, 0.6) is 5.75 Å². The Kier molecular flexibility index (Phi) is 3.89. The molecule has 1 atom stereocenters. The number of nitriles is 1. The Morgan fingerprint density at radius 3 is 2.95 bits per heavy atom. The zero-order chi connectivity index (χ0) is 14.7. The van der Waals surface area contributed by atoms with Crippen molar-refractivity contribution in [2.45, 2.75) is 12.5 Å². The van der Waals surface area contributed by atoms with Gasteiger partial charge >= 0.3 is 0 Å². The van der Waals surface area contributed by atoms with Gasteiger partial charge in [-0.3, -0.25) is 0 Å². The van der Waals surface area contributed by atoms with Gasteiger partial charge in [0.25, 0.3) is 0 Å². The third kappa shape index (κ3) is 3.07. The van der Waals surface area contributed by atoms with Gasteiger partial charge in [-0.2, -0.15) is 5.26 Å². The van der Waals surface area contributed by atoms with Gasteiger partial charge < -0.3 is 9.64 Å². The SMILES string of the molecule is CN(Cc1cccc(C#N)c1)CC1COc2ccccc21. The number of ether oxygens (including phenoxy) is 1. The summed E-state index contributed by atoms with van der Waals surface area (Å²) < 4.78 is 5.73. The fourth-order valence-corrected chi connectivity index (χ4v) is 2.87. The highest BCUT2D eigenvalue weighted by atomic mass is 16.5. The molecular weight excluding hydrogens is 260 g/mol. The fourth-order valence-electron chi connectivity index (χ4n) is 2.87. The predicted molar refractivity (Wildman–Crippen MR) is 82.2 cm³/mol. The molecule has 2 aromatic carbocycles. The van der Waals surface area contributed by atoms with Crippen LogP contribution in [0.25, 0.3) is 0 Å². The predicted octanol–water partition coefficient (Wildman–Crippen LogP) is 3.17. The third-order valence-electron chi connectivity index (χ3n) is 3.84. The quantitative estimate of drug-likeness (QED) is 0.862. The number of para-hydroxylation sites is 1. The largest absolute Gasteiger partial charge is 0.493 e. The summed E-state index contributed by atoms with van der Waals surface area (Å²) in [6, 6.07) is 18.2. The molecule has 3 heteroatoms. The molecule has 3 rings (SSSR count). The van der Waals surface area contributed by atoms with Crippen molar-refractivity contribution >= 4 is 0 Å². The number of likely N-dealkylation sites (N-methyl/N-ethyl adjacent to an activating group) is 1.